The molecule has 0 radical (unpaired) electrons. The van der Waals surface area contributed by atoms with Gasteiger partial charge in [0.25, 0.3) is 0 Å². The first kappa shape index (κ1) is 8.59. The fourth-order valence-electron chi connectivity index (χ4n) is 0.486. The molecule has 1 unspecified atom stereocenters. The Kier molecular flexibility index (Phi) is 4.26. The van der Waals surface area contributed by atoms with Crippen molar-refractivity contribution in [2.24, 2.45) is 5.73 Å². The van der Waals surface area contributed by atoms with Gasteiger partial charge in [0, 0.05) is 12.8 Å². The minimum atomic E-state index is -0.833. The van der Waals surface area contributed by atoms with E-state index in [4.69, 9.17) is 10.8 Å². The highest BCUT2D eigenvalue weighted by Gasteiger charge is 2.00. The van der Waals surface area contributed by atoms with Gasteiger partial charge in [-0.1, -0.05) is 6.92 Å². The van der Waals surface area contributed by atoms with Crippen molar-refractivity contribution in [3.8, 4) is 0 Å². The van der Waals surface area contributed by atoms with Crippen LogP contribution in [0.3, 0.4) is 0 Å². The van der Waals surface area contributed by atoms with E-state index in [9.17, 15) is 4.79 Å². The van der Waals surface area contributed by atoms with Gasteiger partial charge in [0.2, 0.25) is 0 Å². The van der Waals surface area contributed by atoms with Crippen molar-refractivity contribution >= 4 is 5.78 Å². The van der Waals surface area contributed by atoms with Crippen molar-refractivity contribution in [2.75, 3.05) is 0 Å². The highest BCUT2D eigenvalue weighted by molar-refractivity contribution is 5.77. The van der Waals surface area contributed by atoms with Gasteiger partial charge >= 0.3 is 0 Å². The fourth-order valence-corrected chi connectivity index (χ4v) is 0.486. The summed E-state index contributed by atoms with van der Waals surface area (Å²) in [6.45, 7) is 1.80. The van der Waals surface area contributed by atoms with E-state index in [1.165, 1.54) is 0 Å². The molecule has 54 valence electrons. The molecule has 0 bridgehead atoms. The van der Waals surface area contributed by atoms with Crippen molar-refractivity contribution in [1.29, 1.82) is 0 Å². The van der Waals surface area contributed by atoms with Crippen LogP contribution in [0.4, 0.5) is 0 Å². The van der Waals surface area contributed by atoms with E-state index in [1.54, 1.807) is 6.92 Å². The zero-order valence-electron chi connectivity index (χ0n) is 5.63. The third-order valence-electron chi connectivity index (χ3n) is 1.11. The lowest BCUT2D eigenvalue weighted by Crippen LogP contribution is -2.19. The van der Waals surface area contributed by atoms with Gasteiger partial charge in [-0.3, -0.25) is 4.79 Å². The van der Waals surface area contributed by atoms with Crippen molar-refractivity contribution in [2.45, 2.75) is 32.4 Å². The molecule has 0 fully saturated rings. The summed E-state index contributed by atoms with van der Waals surface area (Å²) in [5, 5.41) is 8.52. The molecule has 0 spiro atoms. The quantitative estimate of drug-likeness (QED) is 0.529. The lowest BCUT2D eigenvalue weighted by molar-refractivity contribution is -0.119. The van der Waals surface area contributed by atoms with Gasteiger partial charge < -0.3 is 10.8 Å². The molecule has 0 aromatic carbocycles. The summed E-state index contributed by atoms with van der Waals surface area (Å²) >= 11 is 0. The minimum Gasteiger partial charge on any atom is -0.379 e. The normalized spacial score (nSPS) is 13.2. The second kappa shape index (κ2) is 4.47. The summed E-state index contributed by atoms with van der Waals surface area (Å²) in [5.74, 6) is 0.152. The fraction of sp³-hybridized carbons (Fsp3) is 0.833. The number of nitrogens with two attached hydrogens (primary N) is 1. The maximum Gasteiger partial charge on any atom is 0.132 e. The Morgan fingerprint density at radius 1 is 1.78 bits per heavy atom. The van der Waals surface area contributed by atoms with Gasteiger partial charge in [-0.2, -0.15) is 0 Å². The topological polar surface area (TPSA) is 63.3 Å². The Morgan fingerprint density at radius 3 is 2.67 bits per heavy atom. The van der Waals surface area contributed by atoms with Gasteiger partial charge in [0.05, 0.1) is 0 Å². The zero-order chi connectivity index (χ0) is 7.28. The average molecular weight is 131 g/mol. The molecule has 0 rings (SSSR count). The molecule has 0 aliphatic rings. The molecule has 3 N–H and O–H groups in total. The maximum absolute atomic E-state index is 10.5. The average Bonchev–Trinajstić information content (AvgIpc) is 1.83. The largest absolute Gasteiger partial charge is 0.379 e. The van der Waals surface area contributed by atoms with Crippen LogP contribution in [0.25, 0.3) is 0 Å². The number of ketones is 1. The zero-order valence-corrected chi connectivity index (χ0v) is 5.63. The third-order valence-corrected chi connectivity index (χ3v) is 1.11. The van der Waals surface area contributed by atoms with Crippen molar-refractivity contribution in [3.63, 3.8) is 0 Å². The molecule has 0 aromatic heterocycles. The predicted molar refractivity (Wildman–Crippen MR) is 34.7 cm³/mol. The van der Waals surface area contributed by atoms with Crippen LogP contribution in [0.1, 0.15) is 26.2 Å². The molecule has 9 heavy (non-hydrogen) atoms. The number of rotatable bonds is 4. The number of aliphatic hydroxyl groups excluding tert-OH is 1. The Hall–Kier alpha value is -0.410. The molecule has 0 saturated heterocycles. The summed E-state index contributed by atoms with van der Waals surface area (Å²) in [6, 6.07) is 0. The summed E-state index contributed by atoms with van der Waals surface area (Å²) in [6.07, 6.45) is 0.480. The Labute approximate surface area is 54.9 Å². The molecule has 0 saturated carbocycles. The van der Waals surface area contributed by atoms with E-state index in [1.807, 2.05) is 0 Å². The monoisotopic (exact) mass is 131 g/mol. The van der Waals surface area contributed by atoms with Crippen LogP contribution in [0.2, 0.25) is 0 Å². The second-order valence-electron chi connectivity index (χ2n) is 2.00. The predicted octanol–water partition coefficient (Wildman–Crippen LogP) is 0.0228. The van der Waals surface area contributed by atoms with Crippen molar-refractivity contribution < 1.29 is 9.90 Å². The van der Waals surface area contributed by atoms with Crippen LogP contribution in [0, 0.1) is 0 Å². The highest BCUT2D eigenvalue weighted by atomic mass is 16.3. The number of hydrogen-bond donors (Lipinski definition) is 2. The molecule has 0 aliphatic heterocycles. The first-order valence-corrected chi connectivity index (χ1v) is 3.12. The standard InChI is InChI=1S/C6H13NO2/c1-2-5(8)3-4-6(7)9/h6,9H,2-4,7H2,1H3. The number of hydrogen-bond acceptors (Lipinski definition) is 3. The number of Topliss-reactive ketones (excluding diaryl/α,β-unsaturated/α-hetero) is 1. The van der Waals surface area contributed by atoms with Crippen LogP contribution < -0.4 is 5.73 Å². The summed E-state index contributed by atoms with van der Waals surface area (Å²) in [4.78, 5) is 10.5. The lowest BCUT2D eigenvalue weighted by atomic mass is 10.2. The first-order chi connectivity index (χ1) is 4.16. The minimum absolute atomic E-state index is 0.152. The number of aliphatic hydroxyl groups is 1. The smallest absolute Gasteiger partial charge is 0.132 e. The van der Waals surface area contributed by atoms with Crippen LogP contribution in [0.5, 0.6) is 0 Å². The number of carbonyl (C=O) groups is 1. The van der Waals surface area contributed by atoms with Crippen molar-refractivity contribution in [3.05, 3.63) is 0 Å². The SMILES string of the molecule is CCC(=O)CCC(N)O. The summed E-state index contributed by atoms with van der Waals surface area (Å²) in [5.41, 5.74) is 5.00. The Balaban J connectivity index is 3.17. The molecular weight excluding hydrogens is 118 g/mol. The molecule has 3 nitrogen and oxygen atoms in total. The van der Waals surface area contributed by atoms with E-state index >= 15 is 0 Å². The molecule has 0 aromatic rings. The molecule has 0 aliphatic carbocycles. The number of carbonyl (C=O) groups excluding carboxylic acids is 1. The van der Waals surface area contributed by atoms with Gasteiger partial charge in [0.1, 0.15) is 12.0 Å². The summed E-state index contributed by atoms with van der Waals surface area (Å²) < 4.78 is 0. The second-order valence-corrected chi connectivity index (χ2v) is 2.00. The molecular formula is C6H13NO2. The van der Waals surface area contributed by atoms with Crippen LogP contribution >= 0.6 is 0 Å². The molecule has 3 heteroatoms. The first-order valence-electron chi connectivity index (χ1n) is 3.12. The van der Waals surface area contributed by atoms with Crippen LogP contribution in [-0.2, 0) is 4.79 Å². The molecule has 1 atom stereocenters. The Morgan fingerprint density at radius 2 is 2.33 bits per heavy atom. The van der Waals surface area contributed by atoms with Gasteiger partial charge in [-0.25, -0.2) is 0 Å². The van der Waals surface area contributed by atoms with Gasteiger partial charge in [-0.15, -0.1) is 0 Å². The van der Waals surface area contributed by atoms with E-state index in [0.29, 0.717) is 19.3 Å². The van der Waals surface area contributed by atoms with Crippen molar-refractivity contribution in [1.82, 2.24) is 0 Å². The van der Waals surface area contributed by atoms with E-state index in [-0.39, 0.29) is 5.78 Å². The molecule has 0 amide bonds. The van der Waals surface area contributed by atoms with E-state index in [2.05, 4.69) is 0 Å². The van der Waals surface area contributed by atoms with Gasteiger partial charge in [0.15, 0.2) is 0 Å². The van der Waals surface area contributed by atoms with E-state index < -0.39 is 6.23 Å². The molecule has 0 heterocycles. The Bertz CT molecular complexity index is 91.1. The summed E-state index contributed by atoms with van der Waals surface area (Å²) in [7, 11) is 0. The van der Waals surface area contributed by atoms with E-state index in [0.717, 1.165) is 0 Å². The maximum atomic E-state index is 10.5. The lowest BCUT2D eigenvalue weighted by Gasteiger charge is -2.00. The highest BCUT2D eigenvalue weighted by Crippen LogP contribution is 1.94. The van der Waals surface area contributed by atoms with Crippen LogP contribution in [0.15, 0.2) is 0 Å². The van der Waals surface area contributed by atoms with Gasteiger partial charge in [-0.05, 0) is 6.42 Å². The third kappa shape index (κ3) is 5.46. The van der Waals surface area contributed by atoms with Crippen LogP contribution in [-0.4, -0.2) is 17.1 Å².